The van der Waals surface area contributed by atoms with Crippen molar-refractivity contribution in [2.75, 3.05) is 13.2 Å². The molecule has 1 heterocycles. The third-order valence-electron chi connectivity index (χ3n) is 1.81. The highest BCUT2D eigenvalue weighted by Gasteiger charge is 2.34. The van der Waals surface area contributed by atoms with Crippen molar-refractivity contribution >= 4 is 18.1 Å². The Morgan fingerprint density at radius 3 is 2.80 bits per heavy atom. The summed E-state index contributed by atoms with van der Waals surface area (Å²) in [5.74, 6) is -1.88. The Balaban J connectivity index is 2.82. The summed E-state index contributed by atoms with van der Waals surface area (Å²) in [5, 5.41) is 0. The van der Waals surface area contributed by atoms with Crippen LogP contribution in [0.4, 0.5) is 0 Å². The summed E-state index contributed by atoms with van der Waals surface area (Å²) in [5.41, 5.74) is 0. The number of hydrogen-bond donors (Lipinski definition) is 0. The second-order valence-corrected chi connectivity index (χ2v) is 2.80. The smallest absolute Gasteiger partial charge is 0.326 e. The molecule has 0 aromatic rings. The number of allylic oxidation sites excluding steroid dienone is 1. The number of carbonyl (C=O) groups is 2. The SMILES string of the molecule is CCOC(=O)C1C(=O)N=CC=C1OCC. The minimum Gasteiger partial charge on any atom is -0.497 e. The average Bonchev–Trinajstić information content (AvgIpc) is 2.18. The fourth-order valence-corrected chi connectivity index (χ4v) is 1.22. The highest BCUT2D eigenvalue weighted by atomic mass is 16.5. The van der Waals surface area contributed by atoms with Gasteiger partial charge in [0.25, 0.3) is 5.91 Å². The van der Waals surface area contributed by atoms with Gasteiger partial charge in [-0.2, -0.15) is 0 Å². The van der Waals surface area contributed by atoms with Crippen LogP contribution in [0.15, 0.2) is 16.8 Å². The van der Waals surface area contributed by atoms with Gasteiger partial charge in [0.2, 0.25) is 0 Å². The normalized spacial score (nSPS) is 19.7. The van der Waals surface area contributed by atoms with Crippen LogP contribution in [0.3, 0.4) is 0 Å². The number of aliphatic imine (C=N–C) groups is 1. The van der Waals surface area contributed by atoms with Crippen LogP contribution in [0.1, 0.15) is 13.8 Å². The zero-order valence-corrected chi connectivity index (χ0v) is 8.73. The van der Waals surface area contributed by atoms with Crippen molar-refractivity contribution < 1.29 is 19.1 Å². The van der Waals surface area contributed by atoms with Gasteiger partial charge in [0.05, 0.1) is 13.2 Å². The topological polar surface area (TPSA) is 65.0 Å². The van der Waals surface area contributed by atoms with Gasteiger partial charge in [0.15, 0.2) is 5.92 Å². The van der Waals surface area contributed by atoms with Gasteiger partial charge in [-0.25, -0.2) is 4.99 Å². The molecule has 0 radical (unpaired) electrons. The van der Waals surface area contributed by atoms with Gasteiger partial charge in [-0.05, 0) is 19.9 Å². The summed E-state index contributed by atoms with van der Waals surface area (Å²) in [6.45, 7) is 4.08. The van der Waals surface area contributed by atoms with E-state index in [-0.39, 0.29) is 6.61 Å². The van der Waals surface area contributed by atoms with Crippen molar-refractivity contribution in [3.63, 3.8) is 0 Å². The molecule has 82 valence electrons. The molecule has 5 nitrogen and oxygen atoms in total. The molecule has 0 spiro atoms. The Labute approximate surface area is 87.8 Å². The Morgan fingerprint density at radius 1 is 1.47 bits per heavy atom. The number of dihydropyridines is 1. The zero-order valence-electron chi connectivity index (χ0n) is 8.73. The number of rotatable bonds is 4. The molecule has 5 heteroatoms. The summed E-state index contributed by atoms with van der Waals surface area (Å²) in [4.78, 5) is 26.4. The van der Waals surface area contributed by atoms with E-state index in [4.69, 9.17) is 9.47 Å². The Kier molecular flexibility index (Phi) is 4.03. The van der Waals surface area contributed by atoms with Crippen molar-refractivity contribution in [2.24, 2.45) is 10.9 Å². The van der Waals surface area contributed by atoms with Crippen molar-refractivity contribution in [3.8, 4) is 0 Å². The van der Waals surface area contributed by atoms with E-state index in [1.807, 2.05) is 0 Å². The van der Waals surface area contributed by atoms with Gasteiger partial charge in [-0.15, -0.1) is 0 Å². The number of carbonyl (C=O) groups excluding carboxylic acids is 2. The highest BCUT2D eigenvalue weighted by molar-refractivity contribution is 6.06. The zero-order chi connectivity index (χ0) is 11.3. The summed E-state index contributed by atoms with van der Waals surface area (Å²) in [6, 6.07) is 0. The monoisotopic (exact) mass is 211 g/mol. The first-order valence-electron chi connectivity index (χ1n) is 4.78. The predicted molar refractivity (Wildman–Crippen MR) is 53.3 cm³/mol. The van der Waals surface area contributed by atoms with E-state index >= 15 is 0 Å². The van der Waals surface area contributed by atoms with Crippen LogP contribution in [-0.2, 0) is 19.1 Å². The molecule has 1 unspecified atom stereocenters. The van der Waals surface area contributed by atoms with Crippen molar-refractivity contribution in [1.29, 1.82) is 0 Å². The van der Waals surface area contributed by atoms with Gasteiger partial charge in [0.1, 0.15) is 5.76 Å². The van der Waals surface area contributed by atoms with Crippen LogP contribution in [0.5, 0.6) is 0 Å². The largest absolute Gasteiger partial charge is 0.497 e. The second-order valence-electron chi connectivity index (χ2n) is 2.80. The number of esters is 1. The lowest BCUT2D eigenvalue weighted by Gasteiger charge is -2.17. The maximum atomic E-state index is 11.5. The van der Waals surface area contributed by atoms with Crippen LogP contribution >= 0.6 is 0 Å². The van der Waals surface area contributed by atoms with E-state index in [2.05, 4.69) is 4.99 Å². The molecule has 1 amide bonds. The summed E-state index contributed by atoms with van der Waals surface area (Å²) < 4.78 is 9.96. The molecule has 0 N–H and O–H groups in total. The number of hydrogen-bond acceptors (Lipinski definition) is 4. The fraction of sp³-hybridized carbons (Fsp3) is 0.500. The van der Waals surface area contributed by atoms with Crippen molar-refractivity contribution in [1.82, 2.24) is 0 Å². The first-order valence-corrected chi connectivity index (χ1v) is 4.78. The lowest BCUT2D eigenvalue weighted by molar-refractivity contribution is -0.151. The summed E-state index contributed by atoms with van der Waals surface area (Å²) in [7, 11) is 0. The molecular formula is C10H13NO4. The van der Waals surface area contributed by atoms with Crippen LogP contribution < -0.4 is 0 Å². The molecule has 0 fully saturated rings. The van der Waals surface area contributed by atoms with Crippen LogP contribution in [0.2, 0.25) is 0 Å². The van der Waals surface area contributed by atoms with Gasteiger partial charge in [-0.3, -0.25) is 9.59 Å². The molecule has 1 atom stereocenters. The Morgan fingerprint density at radius 2 is 2.20 bits per heavy atom. The highest BCUT2D eigenvalue weighted by Crippen LogP contribution is 2.18. The standard InChI is InChI=1S/C10H13NO4/c1-3-14-7-5-6-11-9(12)8(7)10(13)15-4-2/h5-6,8H,3-4H2,1-2H3. The molecule has 1 aliphatic heterocycles. The van der Waals surface area contributed by atoms with Gasteiger partial charge < -0.3 is 9.47 Å². The minimum absolute atomic E-state index is 0.228. The van der Waals surface area contributed by atoms with Crippen LogP contribution in [-0.4, -0.2) is 31.3 Å². The fourth-order valence-electron chi connectivity index (χ4n) is 1.22. The van der Waals surface area contributed by atoms with Crippen LogP contribution in [0, 0.1) is 5.92 Å². The lowest BCUT2D eigenvalue weighted by atomic mass is 10.0. The molecule has 0 aromatic carbocycles. The Hall–Kier alpha value is -1.65. The number of amides is 1. The molecule has 0 saturated carbocycles. The van der Waals surface area contributed by atoms with Crippen molar-refractivity contribution in [3.05, 3.63) is 11.8 Å². The summed E-state index contributed by atoms with van der Waals surface area (Å²) in [6.07, 6.45) is 2.83. The molecule has 0 aromatic heterocycles. The van der Waals surface area contributed by atoms with Gasteiger partial charge in [-0.1, -0.05) is 0 Å². The van der Waals surface area contributed by atoms with E-state index in [9.17, 15) is 9.59 Å². The number of ether oxygens (including phenoxy) is 2. The quantitative estimate of drug-likeness (QED) is 0.507. The van der Waals surface area contributed by atoms with Gasteiger partial charge >= 0.3 is 5.97 Å². The third-order valence-corrected chi connectivity index (χ3v) is 1.81. The minimum atomic E-state index is -1.03. The van der Waals surface area contributed by atoms with E-state index in [0.29, 0.717) is 12.4 Å². The first-order chi connectivity index (χ1) is 7.20. The second kappa shape index (κ2) is 5.29. The lowest BCUT2D eigenvalue weighted by Crippen LogP contribution is -2.30. The average molecular weight is 211 g/mol. The van der Waals surface area contributed by atoms with E-state index in [0.717, 1.165) is 0 Å². The summed E-state index contributed by atoms with van der Waals surface area (Å²) >= 11 is 0. The van der Waals surface area contributed by atoms with E-state index in [1.165, 1.54) is 12.3 Å². The van der Waals surface area contributed by atoms with Crippen LogP contribution in [0.25, 0.3) is 0 Å². The molecule has 0 aliphatic carbocycles. The molecular weight excluding hydrogens is 198 g/mol. The molecule has 1 rings (SSSR count). The third kappa shape index (κ3) is 2.65. The molecule has 1 aliphatic rings. The maximum absolute atomic E-state index is 11.5. The van der Waals surface area contributed by atoms with Crippen molar-refractivity contribution in [2.45, 2.75) is 13.8 Å². The Bertz CT molecular complexity index is 319. The van der Waals surface area contributed by atoms with E-state index in [1.54, 1.807) is 13.8 Å². The van der Waals surface area contributed by atoms with Gasteiger partial charge in [0, 0.05) is 6.21 Å². The maximum Gasteiger partial charge on any atom is 0.326 e. The van der Waals surface area contributed by atoms with E-state index < -0.39 is 17.8 Å². The molecule has 15 heavy (non-hydrogen) atoms. The number of nitrogens with zero attached hydrogens (tertiary/aromatic N) is 1. The molecule has 0 bridgehead atoms. The molecule has 0 saturated heterocycles. The first kappa shape index (κ1) is 11.4. The predicted octanol–water partition coefficient (Wildman–Crippen LogP) is 0.697.